The zero-order valence-electron chi connectivity index (χ0n) is 43.2. The molecule has 11 aromatic rings. The number of hydrogen-bond donors (Lipinski definition) is 0. The molecule has 0 saturated carbocycles. The molecule has 2 aromatic heterocycles. The molecule has 0 saturated heterocycles. The summed E-state index contributed by atoms with van der Waals surface area (Å²) in [4.78, 5) is 7.06. The van der Waals surface area contributed by atoms with Gasteiger partial charge in [-0.3, -0.25) is 4.57 Å². The number of fused-ring (bicyclic) bond motifs is 12. The standard InChI is InChI=1S/C64H47N4O/c1-64(2,3)43-36-37-65-61(38-43)68-59-33-14-12-26-52(59)54-35-34-46(40-60(54)68)69-45-21-15-20-44(39-45)66-41-67-62-47(42-18-5-4-6-19-42)28-16-29-55(62)50-24-9-7-22-48(50)49-23-8-10-25-51(49)56-30-17-31-57(63(56)67)53-27-11-13-32-58(53)66/h4-41H,1-3H3/q+1/i4D,5D,6D,18D,19D. The number of anilines is 2. The molecular formula is C64H47N4O+. The Kier molecular flexibility index (Phi) is 8.17. The van der Waals surface area contributed by atoms with Crippen molar-refractivity contribution >= 4 is 50.9 Å². The molecule has 0 bridgehead atoms. The molecule has 4 heterocycles. The fraction of sp³-hybridized carbons (Fsp3) is 0.0625. The SMILES string of the molecule is [2H]c1c([2H])c([2H])c(-c2cccc3c2[N+]2=CN(c4cccc(Oc5ccc6c7ccccc7n(-c7cc(C(C)(C)C)ccn7)c6c5)c4)c4ccccc4-c4cccc(c42)-c2ccccc2-c2ccccc2-3)c([2H])c1[2H]. The van der Waals surface area contributed by atoms with Gasteiger partial charge in [-0.1, -0.05) is 166 Å². The molecule has 13 rings (SSSR count). The van der Waals surface area contributed by atoms with Gasteiger partial charge in [0.15, 0.2) is 0 Å². The van der Waals surface area contributed by atoms with Crippen LogP contribution in [0.1, 0.15) is 33.2 Å². The van der Waals surface area contributed by atoms with E-state index < -0.39 is 18.1 Å². The monoisotopic (exact) mass is 892 g/mol. The molecule has 0 radical (unpaired) electrons. The highest BCUT2D eigenvalue weighted by Crippen LogP contribution is 2.54. The molecule has 0 aliphatic carbocycles. The van der Waals surface area contributed by atoms with Gasteiger partial charge in [0.25, 0.3) is 6.34 Å². The van der Waals surface area contributed by atoms with Crippen molar-refractivity contribution in [1.29, 1.82) is 0 Å². The molecule has 5 nitrogen and oxygen atoms in total. The summed E-state index contributed by atoms with van der Waals surface area (Å²) in [5, 5.41) is 2.22. The van der Waals surface area contributed by atoms with Crippen molar-refractivity contribution in [2.75, 3.05) is 4.90 Å². The maximum Gasteiger partial charge on any atom is 0.255 e. The molecule has 0 atom stereocenters. The Morgan fingerprint density at radius 1 is 0.493 bits per heavy atom. The Bertz CT molecular complexity index is 4160. The Morgan fingerprint density at radius 3 is 1.78 bits per heavy atom. The first-order valence-corrected chi connectivity index (χ1v) is 23.3. The Morgan fingerprint density at radius 2 is 1.06 bits per heavy atom. The molecule has 0 amide bonds. The summed E-state index contributed by atoms with van der Waals surface area (Å²) < 4.78 is 56.3. The van der Waals surface area contributed by atoms with Crippen molar-refractivity contribution in [3.8, 4) is 73.0 Å². The number of ether oxygens (including phenoxy) is 1. The van der Waals surface area contributed by atoms with E-state index in [4.69, 9.17) is 13.8 Å². The van der Waals surface area contributed by atoms with Gasteiger partial charge in [-0.05, 0) is 99.5 Å². The number of nitrogens with zero attached hydrogens (tertiary/aromatic N) is 4. The van der Waals surface area contributed by atoms with Crippen molar-refractivity contribution in [2.24, 2.45) is 0 Å². The van der Waals surface area contributed by atoms with Crippen molar-refractivity contribution in [2.45, 2.75) is 26.2 Å². The summed E-state index contributed by atoms with van der Waals surface area (Å²) in [6.45, 7) is 6.64. The van der Waals surface area contributed by atoms with Crippen LogP contribution in [-0.4, -0.2) is 15.9 Å². The van der Waals surface area contributed by atoms with Gasteiger partial charge in [0, 0.05) is 56.9 Å². The minimum Gasteiger partial charge on any atom is -0.457 e. The quantitative estimate of drug-likeness (QED) is 0.161. The average Bonchev–Trinajstić information content (AvgIpc) is 3.69. The molecular weight excluding hydrogens is 841 g/mol. The van der Waals surface area contributed by atoms with E-state index in [2.05, 4.69) is 175 Å². The van der Waals surface area contributed by atoms with E-state index in [0.29, 0.717) is 22.7 Å². The van der Waals surface area contributed by atoms with Crippen molar-refractivity contribution in [1.82, 2.24) is 14.1 Å². The first-order valence-electron chi connectivity index (χ1n) is 25.8. The molecule has 9 aromatic carbocycles. The third-order valence-corrected chi connectivity index (χ3v) is 13.5. The number of hydrogen-bond acceptors (Lipinski definition) is 3. The topological polar surface area (TPSA) is 33.3 Å². The Balaban J connectivity index is 1.04. The second-order valence-electron chi connectivity index (χ2n) is 18.7. The van der Waals surface area contributed by atoms with Gasteiger partial charge < -0.3 is 4.74 Å². The van der Waals surface area contributed by atoms with E-state index in [-0.39, 0.29) is 23.1 Å². The van der Waals surface area contributed by atoms with Crippen LogP contribution >= 0.6 is 0 Å². The molecule has 69 heavy (non-hydrogen) atoms. The van der Waals surface area contributed by atoms with E-state index in [0.717, 1.165) is 89.2 Å². The van der Waals surface area contributed by atoms with Crippen molar-refractivity contribution in [3.05, 3.63) is 230 Å². The smallest absolute Gasteiger partial charge is 0.255 e. The Hall–Kier alpha value is -8.80. The number of para-hydroxylation sites is 4. The number of rotatable bonds is 5. The van der Waals surface area contributed by atoms with Crippen LogP contribution in [0.2, 0.25) is 0 Å². The maximum atomic E-state index is 9.37. The molecule has 0 fully saturated rings. The normalized spacial score (nSPS) is 13.6. The van der Waals surface area contributed by atoms with Gasteiger partial charge in [-0.25, -0.2) is 4.98 Å². The van der Waals surface area contributed by atoms with Crippen LogP contribution in [0.3, 0.4) is 0 Å². The summed E-state index contributed by atoms with van der Waals surface area (Å²) in [7, 11) is 0. The summed E-state index contributed by atoms with van der Waals surface area (Å²) in [5.41, 5.74) is 14.8. The number of pyridine rings is 1. The van der Waals surface area contributed by atoms with Crippen molar-refractivity contribution in [3.63, 3.8) is 0 Å². The lowest BCUT2D eigenvalue weighted by Gasteiger charge is -2.20. The lowest BCUT2D eigenvalue weighted by atomic mass is 9.88. The zero-order chi connectivity index (χ0) is 50.6. The molecule has 5 heteroatoms. The van der Waals surface area contributed by atoms with Gasteiger partial charge in [0.2, 0.25) is 0 Å². The van der Waals surface area contributed by atoms with Crippen LogP contribution in [0.15, 0.2) is 224 Å². The van der Waals surface area contributed by atoms with Crippen LogP contribution in [0.5, 0.6) is 11.5 Å². The summed E-state index contributed by atoms with van der Waals surface area (Å²) >= 11 is 0. The zero-order valence-corrected chi connectivity index (χ0v) is 38.2. The largest absolute Gasteiger partial charge is 0.457 e. The summed E-state index contributed by atoms with van der Waals surface area (Å²) in [6.07, 6.45) is 3.98. The van der Waals surface area contributed by atoms with E-state index in [1.807, 2.05) is 60.8 Å². The third-order valence-electron chi connectivity index (χ3n) is 13.5. The first-order chi connectivity index (χ1) is 35.9. The number of benzene rings is 9. The molecule has 2 aliphatic heterocycles. The predicted octanol–water partition coefficient (Wildman–Crippen LogP) is 16.9. The highest BCUT2D eigenvalue weighted by Gasteiger charge is 2.35. The van der Waals surface area contributed by atoms with Gasteiger partial charge in [0.05, 0.1) is 17.9 Å². The average molecular weight is 893 g/mol. The van der Waals surface area contributed by atoms with E-state index >= 15 is 0 Å². The first kappa shape index (κ1) is 35.4. The lowest BCUT2D eigenvalue weighted by molar-refractivity contribution is 0.483. The Labute approximate surface area is 409 Å². The van der Waals surface area contributed by atoms with E-state index in [1.165, 1.54) is 5.56 Å². The fourth-order valence-corrected chi connectivity index (χ4v) is 10.4. The van der Waals surface area contributed by atoms with Crippen LogP contribution in [0.25, 0.3) is 83.3 Å². The summed E-state index contributed by atoms with van der Waals surface area (Å²) in [5.74, 6) is 2.13. The predicted molar refractivity (Wildman–Crippen MR) is 287 cm³/mol. The fourth-order valence-electron chi connectivity index (χ4n) is 10.4. The molecule has 328 valence electrons. The van der Waals surface area contributed by atoms with Gasteiger partial charge in [0.1, 0.15) is 40.1 Å². The van der Waals surface area contributed by atoms with Gasteiger partial charge in [-0.15, -0.1) is 0 Å². The minimum absolute atomic E-state index is 0.0647. The second kappa shape index (κ2) is 15.9. The number of aromatic nitrogens is 2. The van der Waals surface area contributed by atoms with E-state index in [1.54, 1.807) is 0 Å². The van der Waals surface area contributed by atoms with Crippen molar-refractivity contribution < 1.29 is 11.6 Å². The molecule has 0 N–H and O–H groups in total. The van der Waals surface area contributed by atoms with Crippen LogP contribution in [-0.2, 0) is 5.41 Å². The molecule has 2 aliphatic rings. The van der Waals surface area contributed by atoms with E-state index in [9.17, 15) is 2.74 Å². The van der Waals surface area contributed by atoms with Crippen LogP contribution in [0.4, 0.5) is 22.7 Å². The van der Waals surface area contributed by atoms with Gasteiger partial charge >= 0.3 is 0 Å². The molecule has 0 unspecified atom stereocenters. The third kappa shape index (κ3) is 6.69. The molecule has 0 spiro atoms. The highest BCUT2D eigenvalue weighted by atomic mass is 16.5. The lowest BCUT2D eigenvalue weighted by Crippen LogP contribution is -2.22. The minimum atomic E-state index is -0.442. The van der Waals surface area contributed by atoms with Crippen LogP contribution < -0.4 is 14.2 Å². The van der Waals surface area contributed by atoms with Gasteiger partial charge in [-0.2, -0.15) is 9.48 Å². The summed E-state index contributed by atoms with van der Waals surface area (Å²) in [6, 6.07) is 62.6. The maximum absolute atomic E-state index is 9.37. The highest BCUT2D eigenvalue weighted by molar-refractivity contribution is 6.12. The van der Waals surface area contributed by atoms with Crippen LogP contribution in [0, 0.1) is 0 Å². The second-order valence-corrected chi connectivity index (χ2v) is 18.7.